The number of para-hydroxylation sites is 1. The molecule has 2 aromatic carbocycles. The quantitative estimate of drug-likeness (QED) is 0.445. The van der Waals surface area contributed by atoms with Gasteiger partial charge in [-0.05, 0) is 59.0 Å². The number of nitrogens with zero attached hydrogens (tertiary/aromatic N) is 1. The number of rotatable bonds is 3. The standard InChI is InChI=1S/C17H12INO3/c1-21-15-5-3-2-4-12(15)10-14-17(20)22-16(19-14)11-6-8-13(18)9-7-11/h2-10H,1H3/b14-10-. The van der Waals surface area contributed by atoms with Crippen molar-refractivity contribution in [3.8, 4) is 5.75 Å². The fourth-order valence-corrected chi connectivity index (χ4v) is 2.42. The number of halogens is 1. The summed E-state index contributed by atoms with van der Waals surface area (Å²) in [5, 5.41) is 0. The van der Waals surface area contributed by atoms with Gasteiger partial charge in [0.25, 0.3) is 0 Å². The van der Waals surface area contributed by atoms with Crippen LogP contribution < -0.4 is 4.74 Å². The summed E-state index contributed by atoms with van der Waals surface area (Å²) in [6.07, 6.45) is 1.67. The van der Waals surface area contributed by atoms with Gasteiger partial charge in [-0.3, -0.25) is 0 Å². The van der Waals surface area contributed by atoms with Crippen LogP contribution in [0, 0.1) is 3.57 Å². The second-order valence-corrected chi connectivity index (χ2v) is 5.83. The topological polar surface area (TPSA) is 47.9 Å². The molecule has 0 bridgehead atoms. The largest absolute Gasteiger partial charge is 0.496 e. The van der Waals surface area contributed by atoms with Crippen LogP contribution in [0.25, 0.3) is 6.08 Å². The van der Waals surface area contributed by atoms with Gasteiger partial charge < -0.3 is 9.47 Å². The van der Waals surface area contributed by atoms with Crippen LogP contribution >= 0.6 is 22.6 Å². The van der Waals surface area contributed by atoms with E-state index >= 15 is 0 Å². The summed E-state index contributed by atoms with van der Waals surface area (Å²) < 4.78 is 11.6. The molecular weight excluding hydrogens is 393 g/mol. The number of ether oxygens (including phenoxy) is 2. The van der Waals surface area contributed by atoms with E-state index < -0.39 is 5.97 Å². The summed E-state index contributed by atoms with van der Waals surface area (Å²) in [5.41, 5.74) is 1.82. The van der Waals surface area contributed by atoms with Crippen molar-refractivity contribution in [1.29, 1.82) is 0 Å². The molecule has 2 aromatic rings. The van der Waals surface area contributed by atoms with E-state index in [2.05, 4.69) is 27.6 Å². The lowest BCUT2D eigenvalue weighted by Crippen LogP contribution is -2.05. The smallest absolute Gasteiger partial charge is 0.363 e. The molecule has 1 aliphatic rings. The van der Waals surface area contributed by atoms with Crippen LogP contribution in [0.2, 0.25) is 0 Å². The highest BCUT2D eigenvalue weighted by molar-refractivity contribution is 14.1. The number of methoxy groups -OCH3 is 1. The van der Waals surface area contributed by atoms with E-state index in [9.17, 15) is 4.79 Å². The molecule has 4 nitrogen and oxygen atoms in total. The monoisotopic (exact) mass is 405 g/mol. The molecular formula is C17H12INO3. The predicted molar refractivity (Wildman–Crippen MR) is 92.8 cm³/mol. The molecule has 3 rings (SSSR count). The third-order valence-electron chi connectivity index (χ3n) is 3.14. The van der Waals surface area contributed by atoms with Crippen LogP contribution in [0.5, 0.6) is 5.75 Å². The zero-order chi connectivity index (χ0) is 15.5. The number of hydrogen-bond acceptors (Lipinski definition) is 4. The summed E-state index contributed by atoms with van der Waals surface area (Å²) in [5.74, 6) is 0.544. The Hall–Kier alpha value is -2.15. The summed E-state index contributed by atoms with van der Waals surface area (Å²) in [6, 6.07) is 15.1. The van der Waals surface area contributed by atoms with Crippen molar-refractivity contribution in [2.24, 2.45) is 4.99 Å². The Morgan fingerprint density at radius 1 is 1.14 bits per heavy atom. The van der Waals surface area contributed by atoms with Gasteiger partial charge in [-0.25, -0.2) is 9.79 Å². The van der Waals surface area contributed by atoms with Gasteiger partial charge in [0, 0.05) is 14.7 Å². The molecule has 0 unspecified atom stereocenters. The minimum absolute atomic E-state index is 0.262. The summed E-state index contributed by atoms with van der Waals surface area (Å²) in [6.45, 7) is 0. The molecule has 5 heteroatoms. The van der Waals surface area contributed by atoms with E-state index in [4.69, 9.17) is 9.47 Å². The van der Waals surface area contributed by atoms with E-state index in [0.29, 0.717) is 11.6 Å². The number of hydrogen-bond donors (Lipinski definition) is 0. The summed E-state index contributed by atoms with van der Waals surface area (Å²) in [4.78, 5) is 16.3. The minimum atomic E-state index is -0.459. The second-order valence-electron chi connectivity index (χ2n) is 4.58. The highest BCUT2D eigenvalue weighted by atomic mass is 127. The van der Waals surface area contributed by atoms with Gasteiger partial charge in [0.2, 0.25) is 5.90 Å². The number of carbonyl (C=O) groups excluding carboxylic acids is 1. The first-order valence-electron chi connectivity index (χ1n) is 6.59. The Morgan fingerprint density at radius 2 is 1.86 bits per heavy atom. The van der Waals surface area contributed by atoms with E-state index in [1.165, 1.54) is 0 Å². The zero-order valence-electron chi connectivity index (χ0n) is 11.7. The van der Waals surface area contributed by atoms with Gasteiger partial charge >= 0.3 is 5.97 Å². The van der Waals surface area contributed by atoms with Crippen molar-refractivity contribution in [3.63, 3.8) is 0 Å². The van der Waals surface area contributed by atoms with Crippen LogP contribution in [0.15, 0.2) is 59.2 Å². The highest BCUT2D eigenvalue weighted by Gasteiger charge is 2.24. The molecule has 0 fully saturated rings. The van der Waals surface area contributed by atoms with Crippen LogP contribution in [0.3, 0.4) is 0 Å². The molecule has 0 aliphatic carbocycles. The molecule has 0 aromatic heterocycles. The lowest BCUT2D eigenvalue weighted by molar-refractivity contribution is -0.129. The SMILES string of the molecule is COc1ccccc1/C=C1\N=C(c2ccc(I)cc2)OC1=O. The molecule has 1 heterocycles. The number of aliphatic imine (C=N–C) groups is 1. The molecule has 110 valence electrons. The fraction of sp³-hybridized carbons (Fsp3) is 0.0588. The van der Waals surface area contributed by atoms with Gasteiger partial charge in [-0.1, -0.05) is 18.2 Å². The number of benzene rings is 2. The maximum Gasteiger partial charge on any atom is 0.363 e. The van der Waals surface area contributed by atoms with Gasteiger partial charge in [0.1, 0.15) is 5.75 Å². The molecule has 0 atom stereocenters. The van der Waals surface area contributed by atoms with Crippen molar-refractivity contribution in [1.82, 2.24) is 0 Å². The Kier molecular flexibility index (Phi) is 4.24. The normalized spacial score (nSPS) is 15.6. The third kappa shape index (κ3) is 3.04. The predicted octanol–water partition coefficient (Wildman–Crippen LogP) is 3.64. The molecule has 0 saturated heterocycles. The number of carbonyl (C=O) groups is 1. The molecule has 0 amide bonds. The average molecular weight is 405 g/mol. The van der Waals surface area contributed by atoms with E-state index in [1.54, 1.807) is 13.2 Å². The van der Waals surface area contributed by atoms with Crippen LogP contribution in [-0.4, -0.2) is 19.0 Å². The van der Waals surface area contributed by atoms with Gasteiger partial charge in [-0.15, -0.1) is 0 Å². The fourth-order valence-electron chi connectivity index (χ4n) is 2.06. The first kappa shape index (κ1) is 14.8. The molecule has 0 N–H and O–H groups in total. The molecule has 1 aliphatic heterocycles. The second kappa shape index (κ2) is 6.31. The third-order valence-corrected chi connectivity index (χ3v) is 3.86. The molecule has 22 heavy (non-hydrogen) atoms. The minimum Gasteiger partial charge on any atom is -0.496 e. The van der Waals surface area contributed by atoms with Crippen LogP contribution in [-0.2, 0) is 9.53 Å². The number of esters is 1. The Bertz CT molecular complexity index is 779. The lowest BCUT2D eigenvalue weighted by atomic mass is 10.1. The first-order chi connectivity index (χ1) is 10.7. The molecule has 0 saturated carbocycles. The van der Waals surface area contributed by atoms with E-state index in [-0.39, 0.29) is 5.70 Å². The van der Waals surface area contributed by atoms with Crippen molar-refractivity contribution in [2.45, 2.75) is 0 Å². The van der Waals surface area contributed by atoms with Crippen molar-refractivity contribution < 1.29 is 14.3 Å². The maximum absolute atomic E-state index is 12.0. The van der Waals surface area contributed by atoms with Crippen LogP contribution in [0.4, 0.5) is 0 Å². The molecule has 0 spiro atoms. The average Bonchev–Trinajstić information content (AvgIpc) is 2.89. The Labute approximate surface area is 141 Å². The lowest BCUT2D eigenvalue weighted by Gasteiger charge is -2.03. The van der Waals surface area contributed by atoms with Gasteiger partial charge in [0.05, 0.1) is 7.11 Å². The number of cyclic esters (lactones) is 1. The van der Waals surface area contributed by atoms with Crippen molar-refractivity contribution in [3.05, 3.63) is 68.9 Å². The first-order valence-corrected chi connectivity index (χ1v) is 7.67. The maximum atomic E-state index is 12.0. The summed E-state index contributed by atoms with van der Waals surface area (Å²) in [7, 11) is 1.59. The zero-order valence-corrected chi connectivity index (χ0v) is 13.9. The van der Waals surface area contributed by atoms with E-state index in [1.807, 2.05) is 48.5 Å². The summed E-state index contributed by atoms with van der Waals surface area (Å²) >= 11 is 2.22. The van der Waals surface area contributed by atoms with Crippen LogP contribution in [0.1, 0.15) is 11.1 Å². The van der Waals surface area contributed by atoms with Crippen molar-refractivity contribution >= 4 is 40.5 Å². The Balaban J connectivity index is 1.96. The molecule has 0 radical (unpaired) electrons. The van der Waals surface area contributed by atoms with Gasteiger partial charge in [0.15, 0.2) is 5.70 Å². The highest BCUT2D eigenvalue weighted by Crippen LogP contribution is 2.24. The van der Waals surface area contributed by atoms with E-state index in [0.717, 1.165) is 14.7 Å². The van der Waals surface area contributed by atoms with Gasteiger partial charge in [-0.2, -0.15) is 0 Å². The van der Waals surface area contributed by atoms with Crippen molar-refractivity contribution in [2.75, 3.05) is 7.11 Å². The Morgan fingerprint density at radius 3 is 2.59 bits per heavy atom.